The molecule has 2 aromatic rings. The number of anilines is 2. The highest BCUT2D eigenvalue weighted by Gasteiger charge is 2.17. The summed E-state index contributed by atoms with van der Waals surface area (Å²) in [5.74, 6) is 0.903. The number of fused-ring (bicyclic) bond motifs is 1. The predicted molar refractivity (Wildman–Crippen MR) is 89.0 cm³/mol. The third-order valence-electron chi connectivity index (χ3n) is 3.43. The number of benzene rings is 2. The quantitative estimate of drug-likeness (QED) is 0.635. The maximum absolute atomic E-state index is 12.1. The van der Waals surface area contributed by atoms with Gasteiger partial charge < -0.3 is 30.3 Å². The van der Waals surface area contributed by atoms with Crippen LogP contribution >= 0.6 is 11.6 Å². The summed E-state index contributed by atoms with van der Waals surface area (Å²) in [6.07, 6.45) is -0.929. The molecule has 4 N–H and O–H groups in total. The first kappa shape index (κ1) is 16.2. The molecule has 1 heterocycles. The Labute approximate surface area is 142 Å². The van der Waals surface area contributed by atoms with Crippen molar-refractivity contribution in [3.8, 4) is 17.2 Å². The molecule has 24 heavy (non-hydrogen) atoms. The highest BCUT2D eigenvalue weighted by atomic mass is 35.5. The van der Waals surface area contributed by atoms with Crippen LogP contribution in [-0.2, 0) is 0 Å². The van der Waals surface area contributed by atoms with Crippen molar-refractivity contribution in [2.45, 2.75) is 13.0 Å². The van der Waals surface area contributed by atoms with Crippen LogP contribution in [0.15, 0.2) is 30.3 Å². The van der Waals surface area contributed by atoms with E-state index in [1.54, 1.807) is 18.2 Å². The van der Waals surface area contributed by atoms with E-state index in [2.05, 4.69) is 10.6 Å². The number of hydrogen-bond acceptors (Lipinski definition) is 5. The number of phenolic OH excluding ortho intramolecular Hbond substituents is 1. The number of halogens is 1. The Balaban J connectivity index is 1.75. The maximum Gasteiger partial charge on any atom is 0.323 e. The molecule has 2 aromatic carbocycles. The lowest BCUT2D eigenvalue weighted by Crippen LogP contribution is -2.19. The molecule has 126 valence electrons. The normalized spacial score (nSPS) is 13.5. The number of aliphatic hydroxyl groups excluding tert-OH is 1. The molecule has 0 aromatic heterocycles. The van der Waals surface area contributed by atoms with Crippen molar-refractivity contribution < 1.29 is 24.5 Å². The molecule has 7 nitrogen and oxygen atoms in total. The van der Waals surface area contributed by atoms with Gasteiger partial charge in [0.05, 0.1) is 11.8 Å². The van der Waals surface area contributed by atoms with Crippen LogP contribution in [0, 0.1) is 0 Å². The molecule has 1 aliphatic rings. The second-order valence-corrected chi connectivity index (χ2v) is 5.65. The van der Waals surface area contributed by atoms with Crippen LogP contribution in [0.1, 0.15) is 18.6 Å². The third-order valence-corrected chi connectivity index (χ3v) is 3.65. The zero-order chi connectivity index (χ0) is 17.3. The first-order chi connectivity index (χ1) is 11.4. The summed E-state index contributed by atoms with van der Waals surface area (Å²) < 4.78 is 10.4. The minimum atomic E-state index is -0.929. The number of nitrogens with one attached hydrogen (secondary N) is 2. The van der Waals surface area contributed by atoms with E-state index in [0.717, 1.165) is 0 Å². The number of ether oxygens (including phenoxy) is 2. The number of amides is 2. The highest BCUT2D eigenvalue weighted by Crippen LogP contribution is 2.36. The predicted octanol–water partition coefficient (Wildman–Crippen LogP) is 3.47. The lowest BCUT2D eigenvalue weighted by molar-refractivity contribution is 0.174. The monoisotopic (exact) mass is 350 g/mol. The van der Waals surface area contributed by atoms with Gasteiger partial charge in [0.25, 0.3) is 0 Å². The number of carbonyl (C=O) groups excluding carboxylic acids is 1. The minimum absolute atomic E-state index is 0.0941. The van der Waals surface area contributed by atoms with E-state index in [-0.39, 0.29) is 28.8 Å². The Bertz CT molecular complexity index is 794. The van der Waals surface area contributed by atoms with Gasteiger partial charge in [0.2, 0.25) is 6.79 Å². The van der Waals surface area contributed by atoms with E-state index < -0.39 is 12.1 Å². The van der Waals surface area contributed by atoms with Crippen LogP contribution < -0.4 is 20.1 Å². The molecule has 0 saturated carbocycles. The van der Waals surface area contributed by atoms with Gasteiger partial charge in [-0.05, 0) is 31.2 Å². The van der Waals surface area contributed by atoms with Crippen molar-refractivity contribution in [3.63, 3.8) is 0 Å². The topological polar surface area (TPSA) is 100 Å². The second kappa shape index (κ2) is 6.46. The third kappa shape index (κ3) is 3.32. The average Bonchev–Trinajstić information content (AvgIpc) is 2.97. The van der Waals surface area contributed by atoms with Crippen LogP contribution in [0.5, 0.6) is 17.2 Å². The van der Waals surface area contributed by atoms with Gasteiger partial charge in [-0.1, -0.05) is 11.6 Å². The van der Waals surface area contributed by atoms with Gasteiger partial charge in [0.15, 0.2) is 11.5 Å². The van der Waals surface area contributed by atoms with Gasteiger partial charge in [-0.2, -0.15) is 0 Å². The van der Waals surface area contributed by atoms with Gasteiger partial charge in [0, 0.05) is 22.3 Å². The van der Waals surface area contributed by atoms with Crippen LogP contribution in [-0.4, -0.2) is 23.0 Å². The lowest BCUT2D eigenvalue weighted by Gasteiger charge is -2.14. The number of aromatic hydroxyl groups is 1. The fraction of sp³-hybridized carbons (Fsp3) is 0.188. The first-order valence-electron chi connectivity index (χ1n) is 7.12. The Morgan fingerprint density at radius 1 is 1.21 bits per heavy atom. The van der Waals surface area contributed by atoms with Crippen LogP contribution in [0.2, 0.25) is 5.02 Å². The van der Waals surface area contributed by atoms with Crippen molar-refractivity contribution in [1.29, 1.82) is 0 Å². The summed E-state index contributed by atoms with van der Waals surface area (Å²) in [6.45, 7) is 1.63. The SMILES string of the molecule is CC(O)c1cc(Cl)cc(NC(=O)Nc2ccc3c(c2)OCO3)c1O. The molecule has 3 rings (SSSR count). The van der Waals surface area contributed by atoms with Gasteiger partial charge in [-0.15, -0.1) is 0 Å². The Hall–Kier alpha value is -2.64. The van der Waals surface area contributed by atoms with Gasteiger partial charge in [-0.3, -0.25) is 0 Å². The van der Waals surface area contributed by atoms with Crippen molar-refractivity contribution in [3.05, 3.63) is 40.9 Å². The zero-order valence-electron chi connectivity index (χ0n) is 12.7. The molecule has 0 bridgehead atoms. The average molecular weight is 351 g/mol. The van der Waals surface area contributed by atoms with Crippen molar-refractivity contribution in [2.75, 3.05) is 17.4 Å². The largest absolute Gasteiger partial charge is 0.505 e. The maximum atomic E-state index is 12.1. The standard InChI is InChI=1S/C16H15ClN2O5/c1-8(20)11-4-9(17)5-12(15(11)21)19-16(22)18-10-2-3-13-14(6-10)24-7-23-13/h2-6,8,20-21H,7H2,1H3,(H2,18,19,22). The second-order valence-electron chi connectivity index (χ2n) is 5.21. The summed E-state index contributed by atoms with van der Waals surface area (Å²) in [5, 5.41) is 25.2. The van der Waals surface area contributed by atoms with Crippen LogP contribution in [0.3, 0.4) is 0 Å². The molecule has 1 atom stereocenters. The number of urea groups is 1. The van der Waals surface area contributed by atoms with Crippen molar-refractivity contribution >= 4 is 29.0 Å². The number of phenols is 1. The van der Waals surface area contributed by atoms with Gasteiger partial charge >= 0.3 is 6.03 Å². The van der Waals surface area contributed by atoms with Crippen LogP contribution in [0.4, 0.5) is 16.2 Å². The number of aliphatic hydroxyl groups is 1. The van der Waals surface area contributed by atoms with E-state index in [0.29, 0.717) is 17.2 Å². The summed E-state index contributed by atoms with van der Waals surface area (Å²) in [4.78, 5) is 12.1. The number of carbonyl (C=O) groups is 1. The molecular weight excluding hydrogens is 336 g/mol. The fourth-order valence-electron chi connectivity index (χ4n) is 2.29. The highest BCUT2D eigenvalue weighted by molar-refractivity contribution is 6.31. The van der Waals surface area contributed by atoms with Crippen molar-refractivity contribution in [1.82, 2.24) is 0 Å². The Kier molecular flexibility index (Phi) is 4.37. The minimum Gasteiger partial charge on any atom is -0.505 e. The molecule has 0 fully saturated rings. The van der Waals surface area contributed by atoms with E-state index in [1.807, 2.05) is 0 Å². The summed E-state index contributed by atoms with van der Waals surface area (Å²) in [5.41, 5.74) is 0.812. The zero-order valence-corrected chi connectivity index (χ0v) is 13.4. The van der Waals surface area contributed by atoms with E-state index in [9.17, 15) is 15.0 Å². The first-order valence-corrected chi connectivity index (χ1v) is 7.50. The Morgan fingerprint density at radius 2 is 1.96 bits per heavy atom. The molecule has 2 amide bonds. The van der Waals surface area contributed by atoms with Crippen molar-refractivity contribution in [2.24, 2.45) is 0 Å². The van der Waals surface area contributed by atoms with E-state index in [4.69, 9.17) is 21.1 Å². The smallest absolute Gasteiger partial charge is 0.323 e. The molecule has 1 unspecified atom stereocenters. The molecule has 0 saturated heterocycles. The van der Waals surface area contributed by atoms with Crippen LogP contribution in [0.25, 0.3) is 0 Å². The Morgan fingerprint density at radius 3 is 2.71 bits per heavy atom. The summed E-state index contributed by atoms with van der Waals surface area (Å²) in [7, 11) is 0. The molecular formula is C16H15ClN2O5. The molecule has 0 radical (unpaired) electrons. The van der Waals surface area contributed by atoms with E-state index >= 15 is 0 Å². The van der Waals surface area contributed by atoms with Gasteiger partial charge in [0.1, 0.15) is 5.75 Å². The lowest BCUT2D eigenvalue weighted by atomic mass is 10.1. The number of rotatable bonds is 3. The summed E-state index contributed by atoms with van der Waals surface area (Å²) in [6, 6.07) is 7.21. The molecule has 1 aliphatic heterocycles. The number of hydrogen-bond donors (Lipinski definition) is 4. The molecule has 8 heteroatoms. The molecule has 0 aliphatic carbocycles. The fourth-order valence-corrected chi connectivity index (χ4v) is 2.52. The molecule has 0 spiro atoms. The van der Waals surface area contributed by atoms with Gasteiger partial charge in [-0.25, -0.2) is 4.79 Å². The van der Waals surface area contributed by atoms with E-state index in [1.165, 1.54) is 19.1 Å². The summed E-state index contributed by atoms with van der Waals surface area (Å²) >= 11 is 5.95.